The third-order valence-electron chi connectivity index (χ3n) is 3.84. The summed E-state index contributed by atoms with van der Waals surface area (Å²) in [6.07, 6.45) is 1.53. The molecular formula is C18H15NO5S. The van der Waals surface area contributed by atoms with Crippen molar-refractivity contribution in [2.45, 2.75) is 13.8 Å². The van der Waals surface area contributed by atoms with Gasteiger partial charge in [0.25, 0.3) is 11.1 Å². The number of carboxylic acid groups (broad SMARTS) is 1. The van der Waals surface area contributed by atoms with E-state index in [1.807, 2.05) is 6.92 Å². The first-order chi connectivity index (χ1) is 11.9. The van der Waals surface area contributed by atoms with Gasteiger partial charge in [-0.1, -0.05) is 6.07 Å². The molecule has 1 aromatic carbocycles. The molecule has 0 aliphatic carbocycles. The molecule has 0 atom stereocenters. The molecule has 25 heavy (non-hydrogen) atoms. The maximum Gasteiger partial charge on any atom is 0.335 e. The molecule has 0 saturated carbocycles. The second-order valence-corrected chi connectivity index (χ2v) is 6.46. The number of aryl methyl sites for hydroxylation is 1. The van der Waals surface area contributed by atoms with E-state index in [1.165, 1.54) is 17.0 Å². The first kappa shape index (κ1) is 17.0. The number of carbonyl (C=O) groups is 3. The van der Waals surface area contributed by atoms with Crippen LogP contribution in [0.1, 0.15) is 28.6 Å². The molecule has 0 radical (unpaired) electrons. The van der Waals surface area contributed by atoms with Crippen molar-refractivity contribution in [1.29, 1.82) is 0 Å². The Morgan fingerprint density at radius 2 is 2.04 bits per heavy atom. The fourth-order valence-electron chi connectivity index (χ4n) is 2.50. The number of hydrogen-bond acceptors (Lipinski definition) is 5. The molecule has 0 bridgehead atoms. The average Bonchev–Trinajstić information content (AvgIpc) is 3.13. The van der Waals surface area contributed by atoms with Crippen LogP contribution in [0.15, 0.2) is 39.7 Å². The van der Waals surface area contributed by atoms with Crippen molar-refractivity contribution in [1.82, 2.24) is 4.90 Å². The number of rotatable bonds is 4. The van der Waals surface area contributed by atoms with Gasteiger partial charge in [0.05, 0.1) is 10.5 Å². The zero-order valence-electron chi connectivity index (χ0n) is 13.6. The van der Waals surface area contributed by atoms with Gasteiger partial charge in [-0.3, -0.25) is 14.5 Å². The maximum atomic E-state index is 12.1. The molecule has 1 fully saturated rings. The van der Waals surface area contributed by atoms with Gasteiger partial charge in [-0.2, -0.15) is 0 Å². The highest BCUT2D eigenvalue weighted by atomic mass is 32.2. The number of likely N-dealkylation sites (N-methyl/N-ethyl adjacent to an activating group) is 1. The van der Waals surface area contributed by atoms with E-state index in [0.717, 1.165) is 17.3 Å². The number of imide groups is 1. The molecule has 6 nitrogen and oxygen atoms in total. The Labute approximate surface area is 148 Å². The highest BCUT2D eigenvalue weighted by molar-refractivity contribution is 8.18. The summed E-state index contributed by atoms with van der Waals surface area (Å²) in [5.74, 6) is -0.418. The van der Waals surface area contributed by atoms with Crippen LogP contribution in [0.3, 0.4) is 0 Å². The number of furan rings is 1. The lowest BCUT2D eigenvalue weighted by Gasteiger charge is -2.06. The molecule has 3 rings (SSSR count). The molecule has 128 valence electrons. The molecule has 7 heteroatoms. The lowest BCUT2D eigenvalue weighted by atomic mass is 10.0. The summed E-state index contributed by atoms with van der Waals surface area (Å²) < 4.78 is 5.73. The van der Waals surface area contributed by atoms with Crippen molar-refractivity contribution in [3.63, 3.8) is 0 Å². The molecule has 2 aromatic rings. The first-order valence-electron chi connectivity index (χ1n) is 7.60. The van der Waals surface area contributed by atoms with Crippen molar-refractivity contribution >= 4 is 35.0 Å². The summed E-state index contributed by atoms with van der Waals surface area (Å²) in [7, 11) is 0. The van der Waals surface area contributed by atoms with Crippen LogP contribution >= 0.6 is 11.8 Å². The van der Waals surface area contributed by atoms with E-state index in [0.29, 0.717) is 28.5 Å². The van der Waals surface area contributed by atoms with Gasteiger partial charge in [0.1, 0.15) is 11.5 Å². The minimum Gasteiger partial charge on any atom is -0.478 e. The quantitative estimate of drug-likeness (QED) is 0.832. The lowest BCUT2D eigenvalue weighted by Crippen LogP contribution is -2.27. The van der Waals surface area contributed by atoms with E-state index in [1.54, 1.807) is 31.2 Å². The molecule has 1 aliphatic rings. The third-order valence-corrected chi connectivity index (χ3v) is 4.75. The van der Waals surface area contributed by atoms with Crippen molar-refractivity contribution in [2.75, 3.05) is 6.54 Å². The Morgan fingerprint density at radius 3 is 2.68 bits per heavy atom. The number of carboxylic acids is 1. The predicted octanol–water partition coefficient (Wildman–Crippen LogP) is 4.01. The lowest BCUT2D eigenvalue weighted by molar-refractivity contribution is -0.122. The van der Waals surface area contributed by atoms with Gasteiger partial charge >= 0.3 is 5.97 Å². The standard InChI is InChI=1S/C18H15NO5S/c1-3-19-16(20)15(25-18(19)23)9-12-6-7-14(24-12)13-8-11(17(21)22)5-4-10(13)2/h4-9H,3H2,1-2H3,(H,21,22)/b15-9-. The van der Waals surface area contributed by atoms with Crippen molar-refractivity contribution in [3.05, 3.63) is 52.1 Å². The molecule has 1 aliphatic heterocycles. The van der Waals surface area contributed by atoms with E-state index in [-0.39, 0.29) is 16.7 Å². The summed E-state index contributed by atoms with van der Waals surface area (Å²) in [6.45, 7) is 3.92. The van der Waals surface area contributed by atoms with Gasteiger partial charge in [-0.05, 0) is 55.4 Å². The number of hydrogen-bond donors (Lipinski definition) is 1. The minimum absolute atomic E-state index is 0.169. The number of benzene rings is 1. The zero-order chi connectivity index (χ0) is 18.1. The van der Waals surface area contributed by atoms with Crippen LogP contribution in [-0.2, 0) is 4.79 Å². The van der Waals surface area contributed by atoms with Gasteiger partial charge in [0.2, 0.25) is 0 Å². The average molecular weight is 357 g/mol. The zero-order valence-corrected chi connectivity index (χ0v) is 14.4. The van der Waals surface area contributed by atoms with Crippen LogP contribution in [0.4, 0.5) is 4.79 Å². The fourth-order valence-corrected chi connectivity index (χ4v) is 3.38. The van der Waals surface area contributed by atoms with Crippen molar-refractivity contribution in [2.24, 2.45) is 0 Å². The molecule has 1 N–H and O–H groups in total. The Kier molecular flexibility index (Phi) is 4.50. The molecular weight excluding hydrogens is 342 g/mol. The van der Waals surface area contributed by atoms with E-state index in [2.05, 4.69) is 0 Å². The molecule has 1 saturated heterocycles. The van der Waals surface area contributed by atoms with E-state index in [4.69, 9.17) is 9.52 Å². The van der Waals surface area contributed by atoms with Gasteiger partial charge in [0.15, 0.2) is 0 Å². The van der Waals surface area contributed by atoms with Crippen molar-refractivity contribution < 1.29 is 23.9 Å². The number of thioether (sulfide) groups is 1. The summed E-state index contributed by atoms with van der Waals surface area (Å²) in [5, 5.41) is 8.83. The van der Waals surface area contributed by atoms with Crippen LogP contribution in [-0.4, -0.2) is 33.7 Å². The highest BCUT2D eigenvalue weighted by Gasteiger charge is 2.33. The molecule has 0 spiro atoms. The molecule has 1 aromatic heterocycles. The summed E-state index contributed by atoms with van der Waals surface area (Å²) in [5.41, 5.74) is 1.71. The second kappa shape index (κ2) is 6.60. The van der Waals surface area contributed by atoms with Crippen LogP contribution < -0.4 is 0 Å². The summed E-state index contributed by atoms with van der Waals surface area (Å²) in [4.78, 5) is 36.5. The number of amides is 2. The second-order valence-electron chi connectivity index (χ2n) is 5.46. The Morgan fingerprint density at radius 1 is 1.28 bits per heavy atom. The SMILES string of the molecule is CCN1C(=O)S/C(=C\c2ccc(-c3cc(C(=O)O)ccc3C)o2)C1=O. The van der Waals surface area contributed by atoms with Crippen LogP contribution in [0.25, 0.3) is 17.4 Å². The largest absolute Gasteiger partial charge is 0.478 e. The van der Waals surface area contributed by atoms with Gasteiger partial charge < -0.3 is 9.52 Å². The fraction of sp³-hybridized carbons (Fsp3) is 0.167. The van der Waals surface area contributed by atoms with E-state index in [9.17, 15) is 14.4 Å². The van der Waals surface area contributed by atoms with Gasteiger partial charge in [-0.25, -0.2) is 4.79 Å². The number of nitrogens with zero attached hydrogens (tertiary/aromatic N) is 1. The number of aromatic carboxylic acids is 1. The molecule has 2 heterocycles. The summed E-state index contributed by atoms with van der Waals surface area (Å²) in [6, 6.07) is 8.19. The normalized spacial score (nSPS) is 16.1. The first-order valence-corrected chi connectivity index (χ1v) is 8.42. The van der Waals surface area contributed by atoms with Gasteiger partial charge in [-0.15, -0.1) is 0 Å². The third kappa shape index (κ3) is 3.23. The van der Waals surface area contributed by atoms with Crippen LogP contribution in [0.2, 0.25) is 0 Å². The Balaban J connectivity index is 1.93. The predicted molar refractivity (Wildman–Crippen MR) is 94.2 cm³/mol. The van der Waals surface area contributed by atoms with Crippen LogP contribution in [0, 0.1) is 6.92 Å². The summed E-state index contributed by atoms with van der Waals surface area (Å²) >= 11 is 0.877. The number of carbonyl (C=O) groups excluding carboxylic acids is 2. The Bertz CT molecular complexity index is 912. The van der Waals surface area contributed by atoms with E-state index < -0.39 is 5.97 Å². The smallest absolute Gasteiger partial charge is 0.335 e. The monoisotopic (exact) mass is 357 g/mol. The van der Waals surface area contributed by atoms with Crippen LogP contribution in [0.5, 0.6) is 0 Å². The maximum absolute atomic E-state index is 12.1. The minimum atomic E-state index is -1.01. The van der Waals surface area contributed by atoms with Crippen molar-refractivity contribution in [3.8, 4) is 11.3 Å². The van der Waals surface area contributed by atoms with E-state index >= 15 is 0 Å². The molecule has 0 unspecified atom stereocenters. The topological polar surface area (TPSA) is 87.8 Å². The molecule has 2 amide bonds. The van der Waals surface area contributed by atoms with Gasteiger partial charge in [0, 0.05) is 18.2 Å². The highest BCUT2D eigenvalue weighted by Crippen LogP contribution is 2.33. The Hall–Kier alpha value is -2.80.